The number of amides is 1. The molecule has 6 heteroatoms. The number of benzene rings is 1. The Labute approximate surface area is 158 Å². The van der Waals surface area contributed by atoms with Crippen LogP contribution in [0.4, 0.5) is 5.95 Å². The van der Waals surface area contributed by atoms with E-state index in [0.29, 0.717) is 12.1 Å². The van der Waals surface area contributed by atoms with Crippen molar-refractivity contribution in [1.29, 1.82) is 0 Å². The van der Waals surface area contributed by atoms with Gasteiger partial charge in [0, 0.05) is 30.7 Å². The van der Waals surface area contributed by atoms with E-state index in [1.807, 2.05) is 35.2 Å². The zero-order valence-corrected chi connectivity index (χ0v) is 15.0. The minimum Gasteiger partial charge on any atom is -0.368 e. The average Bonchev–Trinajstić information content (AvgIpc) is 2.74. The van der Waals surface area contributed by atoms with Gasteiger partial charge in [0.1, 0.15) is 0 Å². The number of hydrogen-bond donors (Lipinski definition) is 1. The van der Waals surface area contributed by atoms with Crippen molar-refractivity contribution in [2.75, 3.05) is 12.3 Å². The topological polar surface area (TPSA) is 85.0 Å². The van der Waals surface area contributed by atoms with Crippen molar-refractivity contribution in [2.45, 2.75) is 25.3 Å². The van der Waals surface area contributed by atoms with Gasteiger partial charge in [0.25, 0.3) is 5.91 Å². The molecule has 1 aromatic carbocycles. The van der Waals surface area contributed by atoms with Gasteiger partial charge in [-0.05, 0) is 37.0 Å². The summed E-state index contributed by atoms with van der Waals surface area (Å²) in [7, 11) is 0. The number of nitrogens with zero attached hydrogens (tertiary/aromatic N) is 4. The Bertz CT molecular complexity index is 930. The molecule has 0 unspecified atom stereocenters. The van der Waals surface area contributed by atoms with Crippen molar-refractivity contribution in [3.63, 3.8) is 0 Å². The number of pyridine rings is 1. The Morgan fingerprint density at radius 1 is 1.07 bits per heavy atom. The highest BCUT2D eigenvalue weighted by Crippen LogP contribution is 2.36. The summed E-state index contributed by atoms with van der Waals surface area (Å²) >= 11 is 0. The van der Waals surface area contributed by atoms with Gasteiger partial charge < -0.3 is 10.6 Å². The molecule has 1 fully saturated rings. The number of piperidine rings is 1. The van der Waals surface area contributed by atoms with Crippen LogP contribution in [0.2, 0.25) is 0 Å². The van der Waals surface area contributed by atoms with Gasteiger partial charge in [0.15, 0.2) is 0 Å². The Hall–Kier alpha value is -3.28. The standard InChI is InChI=1S/C21H21N5O/c22-21-24-14-17(15-7-2-1-3-8-15)19(25-21)18-10-4-5-12-26(18)20(27)16-9-6-11-23-13-16/h1-3,6-9,11,13-14,18H,4-5,10,12H2,(H2,22,24,25)/t18-/m0/s1. The first-order valence-corrected chi connectivity index (χ1v) is 9.13. The largest absolute Gasteiger partial charge is 0.368 e. The lowest BCUT2D eigenvalue weighted by Gasteiger charge is -2.36. The normalized spacial score (nSPS) is 16.9. The SMILES string of the molecule is Nc1ncc(-c2ccccc2)c([C@@H]2CCCCN2C(=O)c2cccnc2)n1. The Kier molecular flexibility index (Phi) is 4.78. The van der Waals surface area contributed by atoms with Gasteiger partial charge in [-0.25, -0.2) is 9.97 Å². The molecule has 27 heavy (non-hydrogen) atoms. The molecule has 0 saturated carbocycles. The molecule has 1 atom stereocenters. The molecule has 0 radical (unpaired) electrons. The highest BCUT2D eigenvalue weighted by atomic mass is 16.2. The van der Waals surface area contributed by atoms with Crippen LogP contribution >= 0.6 is 0 Å². The van der Waals surface area contributed by atoms with Gasteiger partial charge in [-0.3, -0.25) is 9.78 Å². The molecule has 0 aliphatic carbocycles. The van der Waals surface area contributed by atoms with E-state index < -0.39 is 0 Å². The highest BCUT2D eigenvalue weighted by molar-refractivity contribution is 5.94. The molecule has 2 N–H and O–H groups in total. The van der Waals surface area contributed by atoms with Crippen LogP contribution in [0.15, 0.2) is 61.1 Å². The van der Waals surface area contributed by atoms with E-state index in [9.17, 15) is 4.79 Å². The zero-order chi connectivity index (χ0) is 18.6. The van der Waals surface area contributed by atoms with E-state index in [0.717, 1.165) is 36.1 Å². The number of hydrogen-bond acceptors (Lipinski definition) is 5. The molecular weight excluding hydrogens is 338 g/mol. The molecule has 6 nitrogen and oxygen atoms in total. The molecule has 3 aromatic rings. The summed E-state index contributed by atoms with van der Waals surface area (Å²) in [5, 5.41) is 0. The Morgan fingerprint density at radius 3 is 2.70 bits per heavy atom. The number of rotatable bonds is 3. The number of aromatic nitrogens is 3. The predicted octanol–water partition coefficient (Wildman–Crippen LogP) is 3.49. The molecule has 0 bridgehead atoms. The predicted molar refractivity (Wildman–Crippen MR) is 104 cm³/mol. The van der Waals surface area contributed by atoms with Crippen molar-refractivity contribution in [2.24, 2.45) is 0 Å². The minimum atomic E-state index is -0.132. The number of carbonyl (C=O) groups is 1. The fourth-order valence-electron chi connectivity index (χ4n) is 3.62. The van der Waals surface area contributed by atoms with Gasteiger partial charge in [0.05, 0.1) is 17.3 Å². The summed E-state index contributed by atoms with van der Waals surface area (Å²) in [6.07, 6.45) is 7.91. The van der Waals surface area contributed by atoms with Crippen LogP contribution in [0.3, 0.4) is 0 Å². The molecule has 1 amide bonds. The highest BCUT2D eigenvalue weighted by Gasteiger charge is 2.32. The summed E-state index contributed by atoms with van der Waals surface area (Å²) < 4.78 is 0. The molecule has 1 aliphatic heterocycles. The van der Waals surface area contributed by atoms with Crippen LogP contribution in [-0.2, 0) is 0 Å². The summed E-state index contributed by atoms with van der Waals surface area (Å²) in [5.41, 5.74) is 9.25. The van der Waals surface area contributed by atoms with Crippen LogP contribution < -0.4 is 5.73 Å². The molecule has 0 spiro atoms. The quantitative estimate of drug-likeness (QED) is 0.774. The first kappa shape index (κ1) is 17.1. The summed E-state index contributed by atoms with van der Waals surface area (Å²) in [6, 6.07) is 13.4. The maximum atomic E-state index is 13.1. The van der Waals surface area contributed by atoms with E-state index in [4.69, 9.17) is 5.73 Å². The monoisotopic (exact) mass is 359 g/mol. The lowest BCUT2D eigenvalue weighted by atomic mass is 9.93. The summed E-state index contributed by atoms with van der Waals surface area (Å²) in [4.78, 5) is 27.9. The van der Waals surface area contributed by atoms with Crippen LogP contribution in [0.1, 0.15) is 41.4 Å². The van der Waals surface area contributed by atoms with E-state index >= 15 is 0 Å². The second kappa shape index (κ2) is 7.53. The molecule has 1 saturated heterocycles. The molecule has 2 aromatic heterocycles. The van der Waals surface area contributed by atoms with Gasteiger partial charge in [0.2, 0.25) is 5.95 Å². The van der Waals surface area contributed by atoms with E-state index in [1.54, 1.807) is 30.7 Å². The number of carbonyl (C=O) groups excluding carboxylic acids is 1. The Balaban J connectivity index is 1.76. The number of nitrogen functional groups attached to an aromatic ring is 1. The van der Waals surface area contributed by atoms with Crippen LogP contribution in [0, 0.1) is 0 Å². The molecule has 3 heterocycles. The fourth-order valence-corrected chi connectivity index (χ4v) is 3.62. The molecule has 4 rings (SSSR count). The first-order valence-electron chi connectivity index (χ1n) is 9.13. The number of likely N-dealkylation sites (tertiary alicyclic amines) is 1. The fraction of sp³-hybridized carbons (Fsp3) is 0.238. The average molecular weight is 359 g/mol. The van der Waals surface area contributed by atoms with Gasteiger partial charge in [-0.15, -0.1) is 0 Å². The third kappa shape index (κ3) is 3.51. The maximum absolute atomic E-state index is 13.1. The lowest BCUT2D eigenvalue weighted by molar-refractivity contribution is 0.0606. The first-order chi connectivity index (χ1) is 13.2. The van der Waals surface area contributed by atoms with Crippen molar-refractivity contribution >= 4 is 11.9 Å². The second-order valence-electron chi connectivity index (χ2n) is 6.64. The molecule has 136 valence electrons. The maximum Gasteiger partial charge on any atom is 0.255 e. The summed E-state index contributed by atoms with van der Waals surface area (Å²) in [6.45, 7) is 0.691. The van der Waals surface area contributed by atoms with Crippen LogP contribution in [-0.4, -0.2) is 32.3 Å². The van der Waals surface area contributed by atoms with Gasteiger partial charge >= 0.3 is 0 Å². The van der Waals surface area contributed by atoms with Crippen LogP contribution in [0.5, 0.6) is 0 Å². The second-order valence-corrected chi connectivity index (χ2v) is 6.64. The summed E-state index contributed by atoms with van der Waals surface area (Å²) in [5.74, 6) is 0.202. The van der Waals surface area contributed by atoms with Gasteiger partial charge in [-0.1, -0.05) is 30.3 Å². The van der Waals surface area contributed by atoms with E-state index in [-0.39, 0.29) is 17.9 Å². The number of nitrogens with two attached hydrogens (primary N) is 1. The minimum absolute atomic E-state index is 0.0241. The number of anilines is 1. The smallest absolute Gasteiger partial charge is 0.255 e. The lowest BCUT2D eigenvalue weighted by Crippen LogP contribution is -2.39. The Morgan fingerprint density at radius 2 is 1.93 bits per heavy atom. The zero-order valence-electron chi connectivity index (χ0n) is 15.0. The third-order valence-corrected chi connectivity index (χ3v) is 4.91. The van der Waals surface area contributed by atoms with Crippen molar-refractivity contribution in [3.05, 3.63) is 72.3 Å². The van der Waals surface area contributed by atoms with Crippen molar-refractivity contribution in [3.8, 4) is 11.1 Å². The van der Waals surface area contributed by atoms with Crippen LogP contribution in [0.25, 0.3) is 11.1 Å². The van der Waals surface area contributed by atoms with E-state index in [1.165, 1.54) is 0 Å². The van der Waals surface area contributed by atoms with E-state index in [2.05, 4.69) is 15.0 Å². The van der Waals surface area contributed by atoms with Gasteiger partial charge in [-0.2, -0.15) is 0 Å². The molecule has 1 aliphatic rings. The third-order valence-electron chi connectivity index (χ3n) is 4.91. The van der Waals surface area contributed by atoms with Crippen molar-refractivity contribution in [1.82, 2.24) is 19.9 Å². The molecular formula is C21H21N5O. The van der Waals surface area contributed by atoms with Crippen molar-refractivity contribution < 1.29 is 4.79 Å².